The summed E-state index contributed by atoms with van der Waals surface area (Å²) < 4.78 is 26.4. The van der Waals surface area contributed by atoms with Crippen molar-refractivity contribution in [1.29, 1.82) is 0 Å². The van der Waals surface area contributed by atoms with Crippen molar-refractivity contribution in [2.75, 3.05) is 6.54 Å². The number of hydrogen-bond acceptors (Lipinski definition) is 2. The molecule has 3 nitrogen and oxygen atoms in total. The fourth-order valence-electron chi connectivity index (χ4n) is 1.97. The van der Waals surface area contributed by atoms with Crippen LogP contribution in [0.3, 0.4) is 0 Å². The van der Waals surface area contributed by atoms with E-state index in [4.69, 9.17) is 5.73 Å². The smallest absolute Gasteiger partial charge is 0.254 e. The number of hydrogen-bond donors (Lipinski definition) is 2. The lowest BCUT2D eigenvalue weighted by Crippen LogP contribution is -2.58. The van der Waals surface area contributed by atoms with Gasteiger partial charge in [-0.05, 0) is 31.4 Å². The lowest BCUT2D eigenvalue weighted by molar-refractivity contribution is 0.0832. The Balaban J connectivity index is 2.17. The maximum atomic E-state index is 13.4. The highest BCUT2D eigenvalue weighted by Gasteiger charge is 2.37. The molecular formula is C12H14F2N2O. The summed E-state index contributed by atoms with van der Waals surface area (Å²) in [5, 5.41) is 2.69. The predicted molar refractivity (Wildman–Crippen MR) is 59.5 cm³/mol. The Bertz CT molecular complexity index is 439. The van der Waals surface area contributed by atoms with Gasteiger partial charge in [0.15, 0.2) is 11.6 Å². The molecule has 1 aliphatic carbocycles. The molecule has 0 aromatic heterocycles. The zero-order valence-electron chi connectivity index (χ0n) is 9.30. The third kappa shape index (κ3) is 2.15. The van der Waals surface area contributed by atoms with Gasteiger partial charge in [-0.25, -0.2) is 8.78 Å². The van der Waals surface area contributed by atoms with Gasteiger partial charge in [0.2, 0.25) is 0 Å². The van der Waals surface area contributed by atoms with E-state index < -0.39 is 23.1 Å². The summed E-state index contributed by atoms with van der Waals surface area (Å²) in [6.45, 7) is 0.315. The molecular weight excluding hydrogens is 226 g/mol. The molecule has 1 fully saturated rings. The third-order valence-electron chi connectivity index (χ3n) is 3.28. The maximum Gasteiger partial charge on any atom is 0.254 e. The van der Waals surface area contributed by atoms with Crippen molar-refractivity contribution in [2.24, 2.45) is 5.73 Å². The van der Waals surface area contributed by atoms with Gasteiger partial charge < -0.3 is 11.1 Å². The number of rotatable bonds is 3. The Morgan fingerprint density at radius 2 is 2.12 bits per heavy atom. The van der Waals surface area contributed by atoms with Crippen molar-refractivity contribution in [3.05, 3.63) is 35.4 Å². The molecule has 0 spiro atoms. The molecule has 0 heterocycles. The Morgan fingerprint density at radius 3 is 2.65 bits per heavy atom. The van der Waals surface area contributed by atoms with Crippen LogP contribution < -0.4 is 11.1 Å². The van der Waals surface area contributed by atoms with Crippen LogP contribution in [0, 0.1) is 11.6 Å². The molecule has 92 valence electrons. The zero-order chi connectivity index (χ0) is 12.5. The van der Waals surface area contributed by atoms with E-state index in [2.05, 4.69) is 5.32 Å². The van der Waals surface area contributed by atoms with E-state index in [0.717, 1.165) is 25.3 Å². The summed E-state index contributed by atoms with van der Waals surface area (Å²) in [4.78, 5) is 11.8. The lowest BCUT2D eigenvalue weighted by Gasteiger charge is -2.41. The van der Waals surface area contributed by atoms with Gasteiger partial charge in [0.25, 0.3) is 5.91 Å². The molecule has 0 saturated heterocycles. The second-order valence-corrected chi connectivity index (χ2v) is 4.39. The van der Waals surface area contributed by atoms with Crippen LogP contribution in [-0.2, 0) is 0 Å². The lowest BCUT2D eigenvalue weighted by atomic mass is 9.76. The van der Waals surface area contributed by atoms with Crippen LogP contribution >= 0.6 is 0 Å². The zero-order valence-corrected chi connectivity index (χ0v) is 9.30. The number of benzene rings is 1. The molecule has 0 radical (unpaired) electrons. The first kappa shape index (κ1) is 12.0. The van der Waals surface area contributed by atoms with Gasteiger partial charge >= 0.3 is 0 Å². The normalized spacial score (nSPS) is 17.4. The van der Waals surface area contributed by atoms with Gasteiger partial charge in [0, 0.05) is 6.54 Å². The fraction of sp³-hybridized carbons (Fsp3) is 0.417. The quantitative estimate of drug-likeness (QED) is 0.842. The first-order chi connectivity index (χ1) is 8.08. The first-order valence-corrected chi connectivity index (χ1v) is 5.55. The van der Waals surface area contributed by atoms with E-state index >= 15 is 0 Å². The molecule has 5 heteroatoms. The molecule has 0 aliphatic heterocycles. The number of halogens is 2. The van der Waals surface area contributed by atoms with E-state index in [1.54, 1.807) is 0 Å². The number of amides is 1. The van der Waals surface area contributed by atoms with Crippen LogP contribution in [0.4, 0.5) is 8.78 Å². The minimum absolute atomic E-state index is 0.273. The third-order valence-corrected chi connectivity index (χ3v) is 3.28. The molecule has 1 aromatic carbocycles. The second kappa shape index (κ2) is 4.41. The summed E-state index contributed by atoms with van der Waals surface area (Å²) in [6.07, 6.45) is 2.56. The van der Waals surface area contributed by atoms with E-state index in [0.29, 0.717) is 6.54 Å². The maximum absolute atomic E-state index is 13.4. The van der Waals surface area contributed by atoms with Crippen LogP contribution in [0.1, 0.15) is 29.6 Å². The van der Waals surface area contributed by atoms with Crippen molar-refractivity contribution in [3.63, 3.8) is 0 Å². The predicted octanol–water partition coefficient (Wildman–Crippen LogP) is 1.58. The molecule has 0 atom stereocenters. The van der Waals surface area contributed by atoms with Crippen LogP contribution in [0.5, 0.6) is 0 Å². The van der Waals surface area contributed by atoms with Gasteiger partial charge in [0.05, 0.1) is 11.1 Å². The Morgan fingerprint density at radius 1 is 1.41 bits per heavy atom. The average Bonchev–Trinajstić information content (AvgIpc) is 2.27. The monoisotopic (exact) mass is 240 g/mol. The largest absolute Gasteiger partial charge is 0.345 e. The summed E-state index contributed by atoms with van der Waals surface area (Å²) in [5.41, 5.74) is 4.87. The highest BCUT2D eigenvalue weighted by atomic mass is 19.2. The van der Waals surface area contributed by atoms with Gasteiger partial charge in [-0.3, -0.25) is 4.79 Å². The van der Waals surface area contributed by atoms with Crippen molar-refractivity contribution in [3.8, 4) is 0 Å². The minimum atomic E-state index is -1.11. The Hall–Kier alpha value is -1.49. The highest BCUT2D eigenvalue weighted by Crippen LogP contribution is 2.31. The minimum Gasteiger partial charge on any atom is -0.345 e. The highest BCUT2D eigenvalue weighted by molar-refractivity contribution is 5.95. The standard InChI is InChI=1S/C12H14F2N2O/c13-9-4-1-3-8(10(9)14)11(17)16-12(7-15)5-2-6-12/h1,3-4H,2,5-7,15H2,(H,16,17). The molecule has 17 heavy (non-hydrogen) atoms. The van der Waals surface area contributed by atoms with Gasteiger partial charge in [-0.1, -0.05) is 6.07 Å². The van der Waals surface area contributed by atoms with Crippen molar-refractivity contribution in [1.82, 2.24) is 5.32 Å². The van der Waals surface area contributed by atoms with Crippen LogP contribution in [0.15, 0.2) is 18.2 Å². The van der Waals surface area contributed by atoms with Crippen molar-refractivity contribution in [2.45, 2.75) is 24.8 Å². The molecule has 1 aliphatic rings. The van der Waals surface area contributed by atoms with E-state index in [9.17, 15) is 13.6 Å². The molecule has 1 aromatic rings. The van der Waals surface area contributed by atoms with Crippen LogP contribution in [0.2, 0.25) is 0 Å². The number of nitrogens with two attached hydrogens (primary N) is 1. The van der Waals surface area contributed by atoms with Crippen LogP contribution in [-0.4, -0.2) is 18.0 Å². The number of carbonyl (C=O) groups is 1. The SMILES string of the molecule is NCC1(NC(=O)c2cccc(F)c2F)CCC1. The van der Waals surface area contributed by atoms with Crippen LogP contribution in [0.25, 0.3) is 0 Å². The van der Waals surface area contributed by atoms with E-state index in [1.165, 1.54) is 12.1 Å². The molecule has 1 amide bonds. The second-order valence-electron chi connectivity index (χ2n) is 4.39. The van der Waals surface area contributed by atoms with Gasteiger partial charge in [0.1, 0.15) is 0 Å². The summed E-state index contributed by atoms with van der Waals surface area (Å²) >= 11 is 0. The Labute approximate surface area is 98.0 Å². The van der Waals surface area contributed by atoms with Crippen molar-refractivity contribution >= 4 is 5.91 Å². The van der Waals surface area contributed by atoms with Gasteiger partial charge in [-0.2, -0.15) is 0 Å². The first-order valence-electron chi connectivity index (χ1n) is 5.55. The topological polar surface area (TPSA) is 55.1 Å². The number of carbonyl (C=O) groups excluding carboxylic acids is 1. The summed E-state index contributed by atoms with van der Waals surface area (Å²) in [7, 11) is 0. The molecule has 2 rings (SSSR count). The Kier molecular flexibility index (Phi) is 3.11. The molecule has 3 N–H and O–H groups in total. The summed E-state index contributed by atoms with van der Waals surface area (Å²) in [6, 6.07) is 3.55. The van der Waals surface area contributed by atoms with Gasteiger partial charge in [-0.15, -0.1) is 0 Å². The fourth-order valence-corrected chi connectivity index (χ4v) is 1.97. The average molecular weight is 240 g/mol. The molecule has 1 saturated carbocycles. The molecule has 0 bridgehead atoms. The van der Waals surface area contributed by atoms with E-state index in [-0.39, 0.29) is 5.56 Å². The number of nitrogens with one attached hydrogen (secondary N) is 1. The summed E-state index contributed by atoms with van der Waals surface area (Å²) in [5.74, 6) is -2.74. The van der Waals surface area contributed by atoms with Crippen molar-refractivity contribution < 1.29 is 13.6 Å². The molecule has 0 unspecified atom stereocenters. The van der Waals surface area contributed by atoms with E-state index in [1.807, 2.05) is 0 Å².